The zero-order valence-electron chi connectivity index (χ0n) is 34.1. The van der Waals surface area contributed by atoms with E-state index in [2.05, 4.69) is 169 Å². The molecule has 0 N–H and O–H groups in total. The summed E-state index contributed by atoms with van der Waals surface area (Å²) >= 11 is 0. The summed E-state index contributed by atoms with van der Waals surface area (Å²) < 4.78 is 0. The van der Waals surface area contributed by atoms with Crippen LogP contribution in [0.4, 0.5) is 17.1 Å². The first kappa shape index (κ1) is 35.1. The SMILES string of the molecule is c1ccc(C23CCC(c4ccc(N(c5ccc(C67CCC(c8ccccc8)(CC6)C7)cc5)c5ccc(C67CCC(c8ccccc8)(CC6)C7)cc5)cc4)(CC2)C3)cc1. The molecular formula is C57H57N. The van der Waals surface area contributed by atoms with Crippen molar-refractivity contribution in [2.45, 2.75) is 129 Å². The van der Waals surface area contributed by atoms with E-state index in [1.807, 2.05) is 0 Å². The summed E-state index contributed by atoms with van der Waals surface area (Å²) in [4.78, 5) is 2.54. The molecule has 0 aliphatic heterocycles. The third-order valence-electron chi connectivity index (χ3n) is 17.9. The van der Waals surface area contributed by atoms with Crippen LogP contribution in [0.5, 0.6) is 0 Å². The lowest BCUT2D eigenvalue weighted by Gasteiger charge is -2.32. The van der Waals surface area contributed by atoms with Crippen molar-refractivity contribution >= 4 is 17.1 Å². The zero-order valence-corrected chi connectivity index (χ0v) is 34.1. The monoisotopic (exact) mass is 755 g/mol. The van der Waals surface area contributed by atoms with Crippen LogP contribution in [0.2, 0.25) is 0 Å². The van der Waals surface area contributed by atoms with Crippen LogP contribution >= 0.6 is 0 Å². The molecule has 6 aromatic rings. The van der Waals surface area contributed by atoms with Gasteiger partial charge in [0.2, 0.25) is 0 Å². The number of benzene rings is 6. The van der Waals surface area contributed by atoms with Gasteiger partial charge < -0.3 is 4.90 Å². The molecule has 6 aliphatic carbocycles. The Morgan fingerprint density at radius 2 is 0.414 bits per heavy atom. The highest BCUT2D eigenvalue weighted by molar-refractivity contribution is 5.77. The Kier molecular flexibility index (Phi) is 7.75. The molecule has 0 saturated heterocycles. The summed E-state index contributed by atoms with van der Waals surface area (Å²) in [6.45, 7) is 0. The lowest BCUT2D eigenvalue weighted by molar-refractivity contribution is 0.394. The molecule has 6 saturated carbocycles. The Balaban J connectivity index is 0.865. The molecule has 0 unspecified atom stereocenters. The van der Waals surface area contributed by atoms with Crippen molar-refractivity contribution in [1.82, 2.24) is 0 Å². The largest absolute Gasteiger partial charge is 0.311 e. The second-order valence-corrected chi connectivity index (χ2v) is 20.3. The van der Waals surface area contributed by atoms with Crippen LogP contribution in [0.3, 0.4) is 0 Å². The number of fused-ring (bicyclic) bond motifs is 6. The summed E-state index contributed by atoms with van der Waals surface area (Å²) in [5.74, 6) is 0. The van der Waals surface area contributed by atoms with Gasteiger partial charge in [-0.1, -0.05) is 127 Å². The van der Waals surface area contributed by atoms with Gasteiger partial charge in [-0.3, -0.25) is 0 Å². The van der Waals surface area contributed by atoms with Gasteiger partial charge in [-0.2, -0.15) is 0 Å². The summed E-state index contributed by atoms with van der Waals surface area (Å²) in [6.07, 6.45) is 19.5. The van der Waals surface area contributed by atoms with E-state index in [1.165, 1.54) is 113 Å². The highest BCUT2D eigenvalue weighted by Gasteiger charge is 2.57. The molecule has 1 nitrogen and oxygen atoms in total. The smallest absolute Gasteiger partial charge is 0.0461 e. The molecule has 290 valence electrons. The first-order valence-corrected chi connectivity index (χ1v) is 22.7. The number of nitrogens with zero attached hydrogens (tertiary/aromatic N) is 1. The normalized spacial score (nSPS) is 32.9. The van der Waals surface area contributed by atoms with Crippen molar-refractivity contribution in [3.63, 3.8) is 0 Å². The van der Waals surface area contributed by atoms with Gasteiger partial charge in [-0.25, -0.2) is 0 Å². The van der Waals surface area contributed by atoms with Gasteiger partial charge in [0.15, 0.2) is 0 Å². The maximum atomic E-state index is 2.54. The molecule has 0 spiro atoms. The van der Waals surface area contributed by atoms with Crippen molar-refractivity contribution in [2.75, 3.05) is 4.90 Å². The minimum Gasteiger partial charge on any atom is -0.311 e. The average molecular weight is 756 g/mol. The Morgan fingerprint density at radius 1 is 0.224 bits per heavy atom. The standard InChI is InChI=1S/C57H57N/c1-4-10-43(11-5-1)52-28-34-55(40-52,35-29-52)46-16-22-49(23-17-46)58(50-24-18-47(19-25-50)56-36-30-53(41-56,31-37-56)44-12-6-2-7-13-44)51-26-20-48(21-27-51)57-38-32-54(42-57,33-39-57)45-14-8-3-9-15-45/h1-27H,28-42H2. The van der Waals surface area contributed by atoms with Gasteiger partial charge >= 0.3 is 0 Å². The molecule has 0 atom stereocenters. The fourth-order valence-corrected chi connectivity index (χ4v) is 14.7. The van der Waals surface area contributed by atoms with Gasteiger partial charge in [0.1, 0.15) is 0 Å². The molecule has 0 amide bonds. The van der Waals surface area contributed by atoms with Crippen LogP contribution in [0.1, 0.15) is 130 Å². The maximum absolute atomic E-state index is 2.54. The Labute approximate surface area is 346 Å². The third-order valence-corrected chi connectivity index (χ3v) is 17.9. The van der Waals surface area contributed by atoms with E-state index in [0.29, 0.717) is 32.5 Å². The summed E-state index contributed by atoms with van der Waals surface area (Å²) in [5, 5.41) is 0. The van der Waals surface area contributed by atoms with Crippen molar-refractivity contribution in [1.29, 1.82) is 0 Å². The van der Waals surface area contributed by atoms with Gasteiger partial charge in [0.25, 0.3) is 0 Å². The van der Waals surface area contributed by atoms with Crippen LogP contribution in [-0.2, 0) is 32.5 Å². The van der Waals surface area contributed by atoms with Crippen molar-refractivity contribution in [3.8, 4) is 0 Å². The van der Waals surface area contributed by atoms with E-state index >= 15 is 0 Å². The molecule has 0 radical (unpaired) electrons. The summed E-state index contributed by atoms with van der Waals surface area (Å²) in [7, 11) is 0. The molecule has 6 aliphatic rings. The van der Waals surface area contributed by atoms with Crippen LogP contribution in [0, 0.1) is 0 Å². The molecule has 0 heterocycles. The molecule has 6 bridgehead atoms. The van der Waals surface area contributed by atoms with Crippen LogP contribution in [0.25, 0.3) is 0 Å². The summed E-state index contributed by atoms with van der Waals surface area (Å²) in [5.41, 5.74) is 15.1. The Bertz CT molecular complexity index is 2120. The van der Waals surface area contributed by atoms with E-state index in [9.17, 15) is 0 Å². The number of hydrogen-bond acceptors (Lipinski definition) is 1. The van der Waals surface area contributed by atoms with E-state index < -0.39 is 0 Å². The van der Waals surface area contributed by atoms with E-state index in [-0.39, 0.29) is 0 Å². The predicted molar refractivity (Wildman–Crippen MR) is 240 cm³/mol. The van der Waals surface area contributed by atoms with E-state index in [1.54, 1.807) is 33.4 Å². The highest BCUT2D eigenvalue weighted by Crippen LogP contribution is 2.65. The molecular weight excluding hydrogens is 699 g/mol. The fraction of sp³-hybridized carbons (Fsp3) is 0.368. The third kappa shape index (κ3) is 5.20. The van der Waals surface area contributed by atoms with Gasteiger partial charge in [0.05, 0.1) is 0 Å². The van der Waals surface area contributed by atoms with Crippen molar-refractivity contribution in [3.05, 3.63) is 197 Å². The molecule has 0 aromatic heterocycles. The molecule has 58 heavy (non-hydrogen) atoms. The zero-order chi connectivity index (χ0) is 38.5. The highest BCUT2D eigenvalue weighted by atomic mass is 15.1. The number of hydrogen-bond donors (Lipinski definition) is 0. The second kappa shape index (κ2) is 12.8. The van der Waals surface area contributed by atoms with Crippen molar-refractivity contribution < 1.29 is 0 Å². The van der Waals surface area contributed by atoms with Crippen molar-refractivity contribution in [2.24, 2.45) is 0 Å². The number of rotatable bonds is 9. The lowest BCUT2D eigenvalue weighted by atomic mass is 9.76. The van der Waals surface area contributed by atoms with Gasteiger partial charge in [-0.15, -0.1) is 0 Å². The van der Waals surface area contributed by atoms with Crippen LogP contribution in [-0.4, -0.2) is 0 Å². The Morgan fingerprint density at radius 3 is 0.621 bits per heavy atom. The predicted octanol–water partition coefficient (Wildman–Crippen LogP) is 14.6. The minimum absolute atomic E-state index is 0.302. The topological polar surface area (TPSA) is 3.24 Å². The fourth-order valence-electron chi connectivity index (χ4n) is 14.7. The number of anilines is 3. The van der Waals surface area contributed by atoms with Gasteiger partial charge in [0, 0.05) is 17.1 Å². The second-order valence-electron chi connectivity index (χ2n) is 20.3. The molecule has 12 rings (SSSR count). The Hall–Kier alpha value is -4.88. The minimum atomic E-state index is 0.302. The molecule has 6 fully saturated rings. The molecule has 6 aromatic carbocycles. The molecule has 1 heteroatoms. The quantitative estimate of drug-likeness (QED) is 0.142. The van der Waals surface area contributed by atoms with Gasteiger partial charge in [-0.05, 0) is 199 Å². The summed E-state index contributed by atoms with van der Waals surface area (Å²) in [6, 6.07) is 63.9. The first-order chi connectivity index (χ1) is 28.4. The average Bonchev–Trinajstić information content (AvgIpc) is 4.18. The van der Waals surface area contributed by atoms with Crippen LogP contribution in [0.15, 0.2) is 164 Å². The van der Waals surface area contributed by atoms with Crippen LogP contribution < -0.4 is 4.90 Å². The maximum Gasteiger partial charge on any atom is 0.0461 e. The first-order valence-electron chi connectivity index (χ1n) is 22.7. The van der Waals surface area contributed by atoms with E-state index in [0.717, 1.165) is 0 Å². The lowest BCUT2D eigenvalue weighted by Crippen LogP contribution is -2.21. The van der Waals surface area contributed by atoms with E-state index in [4.69, 9.17) is 0 Å².